The Balaban J connectivity index is 1.81. The van der Waals surface area contributed by atoms with E-state index in [4.69, 9.17) is 10.6 Å². The van der Waals surface area contributed by atoms with E-state index >= 15 is 0 Å². The number of rotatable bonds is 7. The summed E-state index contributed by atoms with van der Waals surface area (Å²) in [6.07, 6.45) is -1.56. The SMILES string of the molecule is CCc1c(C(=O)N(N)C(=O)C(O)c2cc(F)cc(F)c2)ccc(OCc2ccccc2)c1C. The van der Waals surface area contributed by atoms with Crippen LogP contribution in [0.25, 0.3) is 0 Å². The van der Waals surface area contributed by atoms with Crippen LogP contribution in [0.2, 0.25) is 0 Å². The van der Waals surface area contributed by atoms with E-state index in [0.29, 0.717) is 36.0 Å². The van der Waals surface area contributed by atoms with Crippen LogP contribution in [0.1, 0.15) is 45.6 Å². The molecule has 0 aliphatic heterocycles. The van der Waals surface area contributed by atoms with Gasteiger partial charge in [0.15, 0.2) is 6.10 Å². The molecular formula is C25H24F2N2O4. The Morgan fingerprint density at radius 2 is 1.70 bits per heavy atom. The minimum atomic E-state index is -2.01. The van der Waals surface area contributed by atoms with Crippen LogP contribution in [0.15, 0.2) is 60.7 Å². The molecule has 0 aliphatic rings. The maximum atomic E-state index is 13.4. The highest BCUT2D eigenvalue weighted by molar-refractivity contribution is 6.06. The lowest BCUT2D eigenvalue weighted by molar-refractivity contribution is -0.138. The Hall–Kier alpha value is -3.62. The van der Waals surface area contributed by atoms with Crippen LogP contribution < -0.4 is 10.6 Å². The van der Waals surface area contributed by atoms with Crippen LogP contribution in [0.3, 0.4) is 0 Å². The van der Waals surface area contributed by atoms with E-state index in [2.05, 4.69) is 0 Å². The molecule has 0 aliphatic carbocycles. The smallest absolute Gasteiger partial charge is 0.277 e. The van der Waals surface area contributed by atoms with Crippen molar-refractivity contribution in [2.75, 3.05) is 0 Å². The van der Waals surface area contributed by atoms with Crippen molar-refractivity contribution in [2.24, 2.45) is 5.84 Å². The Morgan fingerprint density at radius 3 is 2.30 bits per heavy atom. The average molecular weight is 454 g/mol. The van der Waals surface area contributed by atoms with Crippen molar-refractivity contribution in [3.8, 4) is 5.75 Å². The number of carbonyl (C=O) groups is 2. The fraction of sp³-hybridized carbons (Fsp3) is 0.200. The van der Waals surface area contributed by atoms with Gasteiger partial charge in [0.2, 0.25) is 0 Å². The van der Waals surface area contributed by atoms with E-state index in [-0.39, 0.29) is 16.1 Å². The summed E-state index contributed by atoms with van der Waals surface area (Å²) in [6, 6.07) is 14.9. The molecule has 0 heterocycles. The number of carbonyl (C=O) groups excluding carboxylic acids is 2. The number of hydrazine groups is 1. The third-order valence-electron chi connectivity index (χ3n) is 5.26. The van der Waals surface area contributed by atoms with Crippen LogP contribution in [0.4, 0.5) is 8.78 Å². The molecule has 3 aromatic carbocycles. The quantitative estimate of drug-likeness (QED) is 0.320. The molecule has 0 saturated heterocycles. The second-order valence-corrected chi connectivity index (χ2v) is 7.46. The number of imide groups is 1. The number of aliphatic hydroxyl groups excluding tert-OH is 1. The zero-order valence-corrected chi connectivity index (χ0v) is 18.2. The van der Waals surface area contributed by atoms with Crippen molar-refractivity contribution in [2.45, 2.75) is 33.0 Å². The molecular weight excluding hydrogens is 430 g/mol. The Bertz CT molecular complexity index is 1150. The molecule has 3 N–H and O–H groups in total. The van der Waals surface area contributed by atoms with E-state index in [0.717, 1.165) is 17.7 Å². The molecule has 0 fully saturated rings. The summed E-state index contributed by atoms with van der Waals surface area (Å²) >= 11 is 0. The first-order valence-corrected chi connectivity index (χ1v) is 10.3. The molecule has 0 aromatic heterocycles. The largest absolute Gasteiger partial charge is 0.489 e. The van der Waals surface area contributed by atoms with Gasteiger partial charge in [-0.15, -0.1) is 0 Å². The van der Waals surface area contributed by atoms with Crippen molar-refractivity contribution in [1.82, 2.24) is 5.01 Å². The van der Waals surface area contributed by atoms with E-state index in [1.807, 2.05) is 37.3 Å². The normalized spacial score (nSPS) is 11.7. The standard InChI is InChI=1S/C25H24F2N2O4/c1-3-20-15(2)22(33-14-16-7-5-4-6-8-16)10-9-21(20)24(31)29(28)25(32)23(30)17-11-18(26)13-19(27)12-17/h4-13,23,30H,3,14,28H2,1-2H3. The van der Waals surface area contributed by atoms with Gasteiger partial charge in [-0.2, -0.15) is 0 Å². The number of ether oxygens (including phenoxy) is 1. The molecule has 0 bridgehead atoms. The van der Waals surface area contributed by atoms with E-state index in [9.17, 15) is 23.5 Å². The molecule has 172 valence electrons. The summed E-state index contributed by atoms with van der Waals surface area (Å²) in [7, 11) is 0. The maximum Gasteiger partial charge on any atom is 0.277 e. The molecule has 2 amide bonds. The molecule has 3 aromatic rings. The van der Waals surface area contributed by atoms with Gasteiger partial charge in [0, 0.05) is 11.6 Å². The minimum Gasteiger partial charge on any atom is -0.489 e. The highest BCUT2D eigenvalue weighted by Crippen LogP contribution is 2.28. The van der Waals surface area contributed by atoms with E-state index in [1.54, 1.807) is 13.0 Å². The van der Waals surface area contributed by atoms with Crippen LogP contribution in [-0.2, 0) is 17.8 Å². The van der Waals surface area contributed by atoms with Gasteiger partial charge in [-0.3, -0.25) is 9.59 Å². The predicted molar refractivity (Wildman–Crippen MR) is 118 cm³/mol. The summed E-state index contributed by atoms with van der Waals surface area (Å²) in [6.45, 7) is 3.98. The summed E-state index contributed by atoms with van der Waals surface area (Å²) in [4.78, 5) is 25.5. The van der Waals surface area contributed by atoms with Crippen LogP contribution in [0.5, 0.6) is 5.75 Å². The van der Waals surface area contributed by atoms with E-state index < -0.39 is 29.6 Å². The lowest BCUT2D eigenvalue weighted by atomic mass is 9.97. The number of amides is 2. The monoisotopic (exact) mass is 454 g/mol. The van der Waals surface area contributed by atoms with E-state index in [1.165, 1.54) is 6.07 Å². The van der Waals surface area contributed by atoms with Crippen LogP contribution in [-0.4, -0.2) is 21.9 Å². The highest BCUT2D eigenvalue weighted by atomic mass is 19.1. The predicted octanol–water partition coefficient (Wildman–Crippen LogP) is 3.99. The first-order valence-electron chi connectivity index (χ1n) is 10.3. The number of hydrogen-bond acceptors (Lipinski definition) is 5. The molecule has 33 heavy (non-hydrogen) atoms. The van der Waals surface area contributed by atoms with Crippen molar-refractivity contribution < 1.29 is 28.2 Å². The number of nitrogens with zero attached hydrogens (tertiary/aromatic N) is 1. The minimum absolute atomic E-state index is 0.163. The first kappa shape index (κ1) is 24.0. The molecule has 0 saturated carbocycles. The zero-order valence-electron chi connectivity index (χ0n) is 18.2. The summed E-state index contributed by atoms with van der Waals surface area (Å²) in [5, 5.41) is 10.5. The van der Waals surface area contributed by atoms with Gasteiger partial charge >= 0.3 is 0 Å². The number of aliphatic hydroxyl groups is 1. The number of hydrogen-bond donors (Lipinski definition) is 2. The molecule has 6 nitrogen and oxygen atoms in total. The lowest BCUT2D eigenvalue weighted by Crippen LogP contribution is -2.45. The Labute approximate surface area is 190 Å². The summed E-state index contributed by atoms with van der Waals surface area (Å²) < 4.78 is 32.8. The first-order chi connectivity index (χ1) is 15.7. The lowest BCUT2D eigenvalue weighted by Gasteiger charge is -2.21. The van der Waals surface area contributed by atoms with Crippen molar-refractivity contribution >= 4 is 11.8 Å². The maximum absolute atomic E-state index is 13.4. The molecule has 1 atom stereocenters. The molecule has 8 heteroatoms. The van der Waals surface area contributed by atoms with Crippen LogP contribution >= 0.6 is 0 Å². The number of benzene rings is 3. The fourth-order valence-electron chi connectivity index (χ4n) is 3.52. The van der Waals surface area contributed by atoms with Gasteiger partial charge in [0.25, 0.3) is 11.8 Å². The molecule has 0 spiro atoms. The van der Waals surface area contributed by atoms with Gasteiger partial charge in [-0.1, -0.05) is 37.3 Å². The van der Waals surface area contributed by atoms with Gasteiger partial charge in [-0.05, 0) is 59.9 Å². The fourth-order valence-corrected chi connectivity index (χ4v) is 3.52. The molecule has 3 rings (SSSR count). The van der Waals surface area contributed by atoms with Gasteiger partial charge < -0.3 is 9.84 Å². The van der Waals surface area contributed by atoms with Crippen LogP contribution in [0, 0.1) is 18.6 Å². The third kappa shape index (κ3) is 5.42. The highest BCUT2D eigenvalue weighted by Gasteiger charge is 2.29. The van der Waals surface area contributed by atoms with Gasteiger partial charge in [0.05, 0.1) is 0 Å². The zero-order chi connectivity index (χ0) is 24.1. The van der Waals surface area contributed by atoms with Gasteiger partial charge in [-0.25, -0.2) is 19.6 Å². The summed E-state index contributed by atoms with van der Waals surface area (Å²) in [5.74, 6) is 2.28. The second kappa shape index (κ2) is 10.3. The third-order valence-corrected chi connectivity index (χ3v) is 5.26. The second-order valence-electron chi connectivity index (χ2n) is 7.46. The molecule has 0 radical (unpaired) electrons. The van der Waals surface area contributed by atoms with Crippen molar-refractivity contribution in [1.29, 1.82) is 0 Å². The summed E-state index contributed by atoms with van der Waals surface area (Å²) in [5.41, 5.74) is 2.14. The average Bonchev–Trinajstić information content (AvgIpc) is 2.81. The Morgan fingerprint density at radius 1 is 1.06 bits per heavy atom. The topological polar surface area (TPSA) is 92.9 Å². The Kier molecular flexibility index (Phi) is 7.52. The number of nitrogens with two attached hydrogens (primary N) is 1. The molecule has 1 unspecified atom stereocenters. The van der Waals surface area contributed by atoms with Crippen molar-refractivity contribution in [3.05, 3.63) is 100 Å². The van der Waals surface area contributed by atoms with Crippen molar-refractivity contribution in [3.63, 3.8) is 0 Å². The van der Waals surface area contributed by atoms with Gasteiger partial charge in [0.1, 0.15) is 24.0 Å². The number of halogens is 2.